The number of guanidine groups is 1. The lowest BCUT2D eigenvalue weighted by atomic mass is 10.2. The summed E-state index contributed by atoms with van der Waals surface area (Å²) < 4.78 is 24.1. The third kappa shape index (κ3) is 8.35. The third-order valence-electron chi connectivity index (χ3n) is 3.73. The van der Waals surface area contributed by atoms with Gasteiger partial charge in [0.25, 0.3) is 0 Å². The van der Waals surface area contributed by atoms with Crippen LogP contribution in [0.5, 0.6) is 11.6 Å². The van der Waals surface area contributed by atoms with Crippen LogP contribution in [0.4, 0.5) is 4.39 Å². The quantitative estimate of drug-likeness (QED) is 0.369. The second-order valence-corrected chi connectivity index (χ2v) is 6.74. The minimum atomic E-state index is -0.299. The molecule has 2 rings (SSSR count). The molecule has 0 aliphatic carbocycles. The molecule has 1 aromatic heterocycles. The molecular formula is C21H29FN4O2. The topological polar surface area (TPSA) is 67.8 Å². The Morgan fingerprint density at radius 2 is 1.93 bits per heavy atom. The van der Waals surface area contributed by atoms with Crippen LogP contribution in [0.3, 0.4) is 0 Å². The summed E-state index contributed by atoms with van der Waals surface area (Å²) in [4.78, 5) is 8.48. The Morgan fingerprint density at radius 1 is 1.14 bits per heavy atom. The summed E-state index contributed by atoms with van der Waals surface area (Å²) in [7, 11) is 1.74. The van der Waals surface area contributed by atoms with Crippen molar-refractivity contribution in [2.75, 3.05) is 26.8 Å². The van der Waals surface area contributed by atoms with Crippen molar-refractivity contribution < 1.29 is 13.9 Å². The van der Waals surface area contributed by atoms with Crippen LogP contribution in [0.15, 0.2) is 47.6 Å². The number of ether oxygens (including phenoxy) is 2. The first-order valence-corrected chi connectivity index (χ1v) is 9.47. The van der Waals surface area contributed by atoms with Crippen molar-refractivity contribution in [3.05, 3.63) is 54.0 Å². The largest absolute Gasteiger partial charge is 0.439 e. The molecule has 0 spiro atoms. The number of pyridine rings is 1. The average molecular weight is 388 g/mol. The molecule has 2 aromatic rings. The fourth-order valence-electron chi connectivity index (χ4n) is 2.31. The van der Waals surface area contributed by atoms with Gasteiger partial charge in [-0.15, -0.1) is 0 Å². The van der Waals surface area contributed by atoms with Gasteiger partial charge in [0.05, 0.1) is 0 Å². The molecule has 0 atom stereocenters. The van der Waals surface area contributed by atoms with Gasteiger partial charge in [-0.1, -0.05) is 19.9 Å². The van der Waals surface area contributed by atoms with E-state index < -0.39 is 0 Å². The molecule has 2 N–H and O–H groups in total. The van der Waals surface area contributed by atoms with Crippen LogP contribution in [0, 0.1) is 11.7 Å². The molecule has 1 heterocycles. The zero-order valence-electron chi connectivity index (χ0n) is 16.7. The number of hydrogen-bond acceptors (Lipinski definition) is 4. The lowest BCUT2D eigenvalue weighted by Crippen LogP contribution is -2.37. The van der Waals surface area contributed by atoms with E-state index in [-0.39, 0.29) is 5.82 Å². The molecule has 0 unspecified atom stereocenters. The Bertz CT molecular complexity index is 718. The van der Waals surface area contributed by atoms with E-state index >= 15 is 0 Å². The van der Waals surface area contributed by atoms with Crippen LogP contribution in [-0.4, -0.2) is 37.7 Å². The molecule has 0 aliphatic rings. The standard InChI is InChI=1S/C21H29FN4O2/c1-16(2)15-27-12-4-11-24-21(23-3)26-14-17-5-10-20(25-13-17)28-19-8-6-18(22)7-9-19/h5-10,13,16H,4,11-12,14-15H2,1-3H3,(H2,23,24,26). The highest BCUT2D eigenvalue weighted by atomic mass is 19.1. The molecule has 0 amide bonds. The smallest absolute Gasteiger partial charge is 0.219 e. The Hall–Kier alpha value is -2.67. The van der Waals surface area contributed by atoms with Gasteiger partial charge in [-0.05, 0) is 42.2 Å². The van der Waals surface area contributed by atoms with Crippen molar-refractivity contribution in [3.8, 4) is 11.6 Å². The van der Waals surface area contributed by atoms with Crippen LogP contribution in [0.2, 0.25) is 0 Å². The van der Waals surface area contributed by atoms with Crippen LogP contribution in [-0.2, 0) is 11.3 Å². The molecule has 0 bridgehead atoms. The molecule has 0 saturated heterocycles. The van der Waals surface area contributed by atoms with Gasteiger partial charge in [0.1, 0.15) is 11.6 Å². The van der Waals surface area contributed by atoms with Gasteiger partial charge < -0.3 is 20.1 Å². The molecule has 0 aliphatic heterocycles. The molecular weight excluding hydrogens is 359 g/mol. The molecule has 0 saturated carbocycles. The fraction of sp³-hybridized carbons (Fsp3) is 0.429. The summed E-state index contributed by atoms with van der Waals surface area (Å²) in [5.74, 6) is 1.99. The number of rotatable bonds is 10. The van der Waals surface area contributed by atoms with E-state index in [4.69, 9.17) is 9.47 Å². The van der Waals surface area contributed by atoms with Gasteiger partial charge in [-0.2, -0.15) is 0 Å². The number of halogens is 1. The van der Waals surface area contributed by atoms with Crippen LogP contribution in [0.1, 0.15) is 25.8 Å². The number of hydrogen-bond donors (Lipinski definition) is 2. The van der Waals surface area contributed by atoms with E-state index in [1.807, 2.05) is 6.07 Å². The Kier molecular flexibility index (Phi) is 9.21. The van der Waals surface area contributed by atoms with E-state index in [2.05, 4.69) is 34.5 Å². The van der Waals surface area contributed by atoms with Gasteiger partial charge in [-0.25, -0.2) is 9.37 Å². The zero-order valence-corrected chi connectivity index (χ0v) is 16.7. The van der Waals surface area contributed by atoms with Crippen molar-refractivity contribution in [1.82, 2.24) is 15.6 Å². The number of aromatic nitrogens is 1. The second kappa shape index (κ2) is 11.9. The maximum atomic E-state index is 12.9. The predicted octanol–water partition coefficient (Wildman–Crippen LogP) is 3.74. The summed E-state index contributed by atoms with van der Waals surface area (Å²) in [5, 5.41) is 6.51. The summed E-state index contributed by atoms with van der Waals surface area (Å²) >= 11 is 0. The number of nitrogens with one attached hydrogen (secondary N) is 2. The molecule has 28 heavy (non-hydrogen) atoms. The van der Waals surface area contributed by atoms with Crippen molar-refractivity contribution in [3.63, 3.8) is 0 Å². The van der Waals surface area contributed by atoms with Gasteiger partial charge in [0, 0.05) is 45.6 Å². The minimum Gasteiger partial charge on any atom is -0.439 e. The molecule has 1 aromatic carbocycles. The average Bonchev–Trinajstić information content (AvgIpc) is 2.69. The van der Waals surface area contributed by atoms with Gasteiger partial charge in [0.2, 0.25) is 5.88 Å². The summed E-state index contributed by atoms with van der Waals surface area (Å²) in [6, 6.07) is 9.53. The highest BCUT2D eigenvalue weighted by Crippen LogP contribution is 2.19. The Morgan fingerprint density at radius 3 is 2.57 bits per heavy atom. The fourth-order valence-corrected chi connectivity index (χ4v) is 2.31. The lowest BCUT2D eigenvalue weighted by Gasteiger charge is -2.12. The SMILES string of the molecule is CN=C(NCCCOCC(C)C)NCc1ccc(Oc2ccc(F)cc2)nc1. The van der Waals surface area contributed by atoms with Gasteiger partial charge in [-0.3, -0.25) is 4.99 Å². The van der Waals surface area contributed by atoms with E-state index in [0.717, 1.165) is 37.7 Å². The third-order valence-corrected chi connectivity index (χ3v) is 3.73. The highest BCUT2D eigenvalue weighted by Gasteiger charge is 2.02. The predicted molar refractivity (Wildman–Crippen MR) is 109 cm³/mol. The number of benzene rings is 1. The van der Waals surface area contributed by atoms with Crippen molar-refractivity contribution in [2.24, 2.45) is 10.9 Å². The van der Waals surface area contributed by atoms with E-state index in [9.17, 15) is 4.39 Å². The van der Waals surface area contributed by atoms with E-state index in [1.54, 1.807) is 31.4 Å². The van der Waals surface area contributed by atoms with Crippen molar-refractivity contribution >= 4 is 5.96 Å². The maximum Gasteiger partial charge on any atom is 0.219 e. The Labute approximate surface area is 166 Å². The monoisotopic (exact) mass is 388 g/mol. The summed E-state index contributed by atoms with van der Waals surface area (Å²) in [6.45, 7) is 7.19. The highest BCUT2D eigenvalue weighted by molar-refractivity contribution is 5.79. The van der Waals surface area contributed by atoms with Crippen LogP contribution >= 0.6 is 0 Å². The molecule has 7 heteroatoms. The van der Waals surface area contributed by atoms with Crippen LogP contribution < -0.4 is 15.4 Å². The first-order chi connectivity index (χ1) is 13.6. The normalized spacial score (nSPS) is 11.5. The zero-order chi connectivity index (χ0) is 20.2. The first kappa shape index (κ1) is 21.6. The van der Waals surface area contributed by atoms with Crippen molar-refractivity contribution in [2.45, 2.75) is 26.8 Å². The second-order valence-electron chi connectivity index (χ2n) is 6.74. The lowest BCUT2D eigenvalue weighted by molar-refractivity contribution is 0.108. The van der Waals surface area contributed by atoms with E-state index in [1.165, 1.54) is 12.1 Å². The summed E-state index contributed by atoms with van der Waals surface area (Å²) in [6.07, 6.45) is 2.66. The van der Waals surface area contributed by atoms with Crippen molar-refractivity contribution in [1.29, 1.82) is 0 Å². The number of nitrogens with zero attached hydrogens (tertiary/aromatic N) is 2. The molecule has 0 fully saturated rings. The first-order valence-electron chi connectivity index (χ1n) is 9.47. The van der Waals surface area contributed by atoms with Gasteiger partial charge in [0.15, 0.2) is 5.96 Å². The summed E-state index contributed by atoms with van der Waals surface area (Å²) in [5.41, 5.74) is 0.995. The molecule has 0 radical (unpaired) electrons. The molecule has 152 valence electrons. The number of aliphatic imine (C=N–C) groups is 1. The van der Waals surface area contributed by atoms with Gasteiger partial charge >= 0.3 is 0 Å². The maximum absolute atomic E-state index is 12.9. The van der Waals surface area contributed by atoms with Crippen LogP contribution in [0.25, 0.3) is 0 Å². The molecule has 6 nitrogen and oxygen atoms in total. The van der Waals surface area contributed by atoms with E-state index in [0.29, 0.717) is 24.1 Å². The Balaban J connectivity index is 1.70. The minimum absolute atomic E-state index is 0.299.